The molecular formula is C28H23NO4. The zero-order valence-electron chi connectivity index (χ0n) is 18.0. The van der Waals surface area contributed by atoms with Gasteiger partial charge in [-0.1, -0.05) is 78.9 Å². The SMILES string of the molecule is O=[N+]([O-])c1ccc(/C=C/c2ccc(OCc3ccccc3)c(OCc3ccccc3)c2)cc1. The number of non-ortho nitro benzene ring substituents is 1. The predicted octanol–water partition coefficient (Wildman–Crippen LogP) is 6.92. The van der Waals surface area contributed by atoms with E-state index in [4.69, 9.17) is 9.47 Å². The van der Waals surface area contributed by atoms with Crippen LogP contribution in [0.1, 0.15) is 22.3 Å². The first-order valence-electron chi connectivity index (χ1n) is 10.6. The molecule has 0 atom stereocenters. The number of nitro benzene ring substituents is 1. The standard InChI is InChI=1S/C28H23NO4/c30-29(31)26-16-13-22(14-17-26)11-12-23-15-18-27(32-20-24-7-3-1-4-8-24)28(19-23)33-21-25-9-5-2-6-10-25/h1-19H,20-21H2/b12-11+. The summed E-state index contributed by atoms with van der Waals surface area (Å²) < 4.78 is 12.2. The lowest BCUT2D eigenvalue weighted by Crippen LogP contribution is -2.00. The molecule has 0 heterocycles. The highest BCUT2D eigenvalue weighted by atomic mass is 16.6. The molecule has 0 aliphatic heterocycles. The van der Waals surface area contributed by atoms with E-state index in [1.54, 1.807) is 12.1 Å². The average molecular weight is 437 g/mol. The summed E-state index contributed by atoms with van der Waals surface area (Å²) in [5.74, 6) is 1.32. The van der Waals surface area contributed by atoms with Crippen LogP contribution in [0, 0.1) is 10.1 Å². The van der Waals surface area contributed by atoms with Gasteiger partial charge in [-0.3, -0.25) is 10.1 Å². The highest BCUT2D eigenvalue weighted by Gasteiger charge is 2.08. The van der Waals surface area contributed by atoms with Gasteiger partial charge in [0.05, 0.1) is 4.92 Å². The molecule has 0 saturated carbocycles. The summed E-state index contributed by atoms with van der Waals surface area (Å²) in [4.78, 5) is 10.4. The van der Waals surface area contributed by atoms with Crippen molar-refractivity contribution >= 4 is 17.8 Å². The molecule has 33 heavy (non-hydrogen) atoms. The van der Waals surface area contributed by atoms with Gasteiger partial charge >= 0.3 is 0 Å². The molecular weight excluding hydrogens is 414 g/mol. The zero-order valence-corrected chi connectivity index (χ0v) is 18.0. The Balaban J connectivity index is 1.52. The van der Waals surface area contributed by atoms with Crippen LogP contribution in [-0.2, 0) is 13.2 Å². The van der Waals surface area contributed by atoms with Gasteiger partial charge in [0.1, 0.15) is 13.2 Å². The van der Waals surface area contributed by atoms with Gasteiger partial charge in [-0.05, 0) is 46.5 Å². The Bertz CT molecular complexity index is 1220. The first kappa shape index (κ1) is 21.8. The summed E-state index contributed by atoms with van der Waals surface area (Å²) in [5.41, 5.74) is 4.02. The third kappa shape index (κ3) is 6.31. The second-order valence-corrected chi connectivity index (χ2v) is 7.44. The summed E-state index contributed by atoms with van der Waals surface area (Å²) in [5, 5.41) is 10.8. The Kier molecular flexibility index (Phi) is 7.13. The van der Waals surface area contributed by atoms with Crippen molar-refractivity contribution in [1.82, 2.24) is 0 Å². The van der Waals surface area contributed by atoms with Crippen LogP contribution in [0.5, 0.6) is 11.5 Å². The Hall–Kier alpha value is -4.38. The molecule has 4 rings (SSSR count). The van der Waals surface area contributed by atoms with Gasteiger partial charge in [-0.2, -0.15) is 0 Å². The maximum Gasteiger partial charge on any atom is 0.269 e. The Morgan fingerprint density at radius 3 is 1.73 bits per heavy atom. The van der Waals surface area contributed by atoms with E-state index < -0.39 is 4.92 Å². The Labute approximate surface area is 192 Å². The lowest BCUT2D eigenvalue weighted by atomic mass is 10.1. The number of nitro groups is 1. The molecule has 0 unspecified atom stereocenters. The molecule has 0 spiro atoms. The monoisotopic (exact) mass is 437 g/mol. The molecule has 0 radical (unpaired) electrons. The molecule has 0 aliphatic carbocycles. The number of nitrogens with zero attached hydrogens (tertiary/aromatic N) is 1. The predicted molar refractivity (Wildman–Crippen MR) is 130 cm³/mol. The van der Waals surface area contributed by atoms with Gasteiger partial charge in [0.2, 0.25) is 0 Å². The normalized spacial score (nSPS) is 10.8. The summed E-state index contributed by atoms with van der Waals surface area (Å²) in [7, 11) is 0. The van der Waals surface area contributed by atoms with E-state index in [9.17, 15) is 10.1 Å². The van der Waals surface area contributed by atoms with Crippen LogP contribution in [0.2, 0.25) is 0 Å². The summed E-state index contributed by atoms with van der Waals surface area (Å²) in [6.45, 7) is 0.874. The lowest BCUT2D eigenvalue weighted by molar-refractivity contribution is -0.384. The number of hydrogen-bond acceptors (Lipinski definition) is 4. The van der Waals surface area contributed by atoms with Crippen molar-refractivity contribution in [3.8, 4) is 11.5 Å². The third-order valence-electron chi connectivity index (χ3n) is 5.01. The van der Waals surface area contributed by atoms with Crippen molar-refractivity contribution in [2.75, 3.05) is 0 Å². The second kappa shape index (κ2) is 10.8. The van der Waals surface area contributed by atoms with Crippen LogP contribution in [0.15, 0.2) is 103 Å². The average Bonchev–Trinajstić information content (AvgIpc) is 2.87. The van der Waals surface area contributed by atoms with Crippen LogP contribution < -0.4 is 9.47 Å². The van der Waals surface area contributed by atoms with Gasteiger partial charge < -0.3 is 9.47 Å². The van der Waals surface area contributed by atoms with Crippen LogP contribution in [-0.4, -0.2) is 4.92 Å². The van der Waals surface area contributed by atoms with Crippen LogP contribution in [0.25, 0.3) is 12.2 Å². The number of hydrogen-bond donors (Lipinski definition) is 0. The molecule has 5 heteroatoms. The molecule has 5 nitrogen and oxygen atoms in total. The van der Waals surface area contributed by atoms with Gasteiger partial charge in [0.15, 0.2) is 11.5 Å². The third-order valence-corrected chi connectivity index (χ3v) is 5.01. The van der Waals surface area contributed by atoms with Gasteiger partial charge in [-0.25, -0.2) is 0 Å². The van der Waals surface area contributed by atoms with E-state index in [1.807, 2.05) is 91.0 Å². The van der Waals surface area contributed by atoms with Crippen molar-refractivity contribution < 1.29 is 14.4 Å². The molecule has 0 bridgehead atoms. The van der Waals surface area contributed by atoms with Crippen molar-refractivity contribution in [2.45, 2.75) is 13.2 Å². The van der Waals surface area contributed by atoms with Crippen molar-refractivity contribution in [1.29, 1.82) is 0 Å². The maximum absolute atomic E-state index is 10.8. The zero-order chi connectivity index (χ0) is 22.9. The topological polar surface area (TPSA) is 61.6 Å². The quantitative estimate of drug-likeness (QED) is 0.162. The van der Waals surface area contributed by atoms with Crippen molar-refractivity contribution in [3.63, 3.8) is 0 Å². The summed E-state index contributed by atoms with van der Waals surface area (Å²) in [6, 6.07) is 32.2. The first-order chi connectivity index (χ1) is 16.2. The summed E-state index contributed by atoms with van der Waals surface area (Å²) in [6.07, 6.45) is 3.85. The first-order valence-corrected chi connectivity index (χ1v) is 10.6. The minimum absolute atomic E-state index is 0.0728. The second-order valence-electron chi connectivity index (χ2n) is 7.44. The van der Waals surface area contributed by atoms with Gasteiger partial charge in [-0.15, -0.1) is 0 Å². The smallest absolute Gasteiger partial charge is 0.269 e. The van der Waals surface area contributed by atoms with E-state index in [0.29, 0.717) is 24.7 Å². The van der Waals surface area contributed by atoms with E-state index in [2.05, 4.69) is 0 Å². The largest absolute Gasteiger partial charge is 0.485 e. The van der Waals surface area contributed by atoms with Gasteiger partial charge in [0, 0.05) is 12.1 Å². The van der Waals surface area contributed by atoms with Crippen molar-refractivity contribution in [3.05, 3.63) is 135 Å². The highest BCUT2D eigenvalue weighted by Crippen LogP contribution is 2.31. The molecule has 0 aromatic heterocycles. The molecule has 4 aromatic carbocycles. The van der Waals surface area contributed by atoms with Crippen LogP contribution in [0.3, 0.4) is 0 Å². The van der Waals surface area contributed by atoms with Crippen molar-refractivity contribution in [2.24, 2.45) is 0 Å². The van der Waals surface area contributed by atoms with E-state index in [-0.39, 0.29) is 5.69 Å². The Morgan fingerprint density at radius 1 is 0.636 bits per heavy atom. The minimum atomic E-state index is -0.405. The van der Waals surface area contributed by atoms with E-state index in [0.717, 1.165) is 22.3 Å². The molecule has 4 aromatic rings. The fourth-order valence-corrected chi connectivity index (χ4v) is 3.23. The van der Waals surface area contributed by atoms with Crippen LogP contribution >= 0.6 is 0 Å². The number of benzene rings is 4. The van der Waals surface area contributed by atoms with Gasteiger partial charge in [0.25, 0.3) is 5.69 Å². The molecule has 0 fully saturated rings. The molecule has 0 aliphatic rings. The Morgan fingerprint density at radius 2 is 1.15 bits per heavy atom. The molecule has 164 valence electrons. The van der Waals surface area contributed by atoms with E-state index >= 15 is 0 Å². The lowest BCUT2D eigenvalue weighted by Gasteiger charge is -2.14. The molecule has 0 N–H and O–H groups in total. The number of ether oxygens (including phenoxy) is 2. The number of rotatable bonds is 9. The fourth-order valence-electron chi connectivity index (χ4n) is 3.23. The highest BCUT2D eigenvalue weighted by molar-refractivity contribution is 5.71. The minimum Gasteiger partial charge on any atom is -0.485 e. The molecule has 0 amide bonds. The maximum atomic E-state index is 10.8. The van der Waals surface area contributed by atoms with E-state index in [1.165, 1.54) is 12.1 Å². The fraction of sp³-hybridized carbons (Fsp3) is 0.0714. The van der Waals surface area contributed by atoms with Crippen LogP contribution in [0.4, 0.5) is 5.69 Å². The summed E-state index contributed by atoms with van der Waals surface area (Å²) >= 11 is 0. The molecule has 0 saturated heterocycles.